The number of rotatable bonds is 2. The summed E-state index contributed by atoms with van der Waals surface area (Å²) in [6.07, 6.45) is 0.451. The first-order valence-electron chi connectivity index (χ1n) is 6.02. The van der Waals surface area contributed by atoms with Gasteiger partial charge in [-0.3, -0.25) is 14.4 Å². The van der Waals surface area contributed by atoms with E-state index >= 15 is 0 Å². The molecule has 0 spiro atoms. The van der Waals surface area contributed by atoms with Crippen LogP contribution in [0.4, 0.5) is 5.69 Å². The van der Waals surface area contributed by atoms with E-state index < -0.39 is 17.8 Å². The van der Waals surface area contributed by atoms with Crippen LogP contribution in [0.15, 0.2) is 12.1 Å². The normalized spacial score (nSPS) is 21.4. The Labute approximate surface area is 124 Å². The van der Waals surface area contributed by atoms with Crippen molar-refractivity contribution in [3.05, 3.63) is 27.7 Å². The summed E-state index contributed by atoms with van der Waals surface area (Å²) in [6.45, 7) is 0.139. The van der Waals surface area contributed by atoms with E-state index in [1.807, 2.05) is 0 Å². The van der Waals surface area contributed by atoms with Crippen molar-refractivity contribution < 1.29 is 19.1 Å². The number of halogens is 2. The number of esters is 1. The highest BCUT2D eigenvalue weighted by Crippen LogP contribution is 2.37. The van der Waals surface area contributed by atoms with Crippen molar-refractivity contribution in [2.75, 3.05) is 11.4 Å². The Kier molecular flexibility index (Phi) is 3.18. The number of ether oxygens (including phenoxy) is 1. The van der Waals surface area contributed by atoms with Gasteiger partial charge in [0.2, 0.25) is 0 Å². The van der Waals surface area contributed by atoms with Crippen LogP contribution in [0.25, 0.3) is 0 Å². The van der Waals surface area contributed by atoms with Gasteiger partial charge in [0.15, 0.2) is 0 Å². The largest absolute Gasteiger partial charge is 0.460 e. The van der Waals surface area contributed by atoms with E-state index in [4.69, 9.17) is 27.9 Å². The number of fused-ring (bicyclic) bond motifs is 1. The SMILES string of the molecule is O=C1CCC(CN2C(=O)C(=O)c3c(Cl)cc(Cl)cc32)O1. The number of benzene rings is 1. The van der Waals surface area contributed by atoms with Gasteiger partial charge in [-0.25, -0.2) is 0 Å². The van der Waals surface area contributed by atoms with Gasteiger partial charge in [-0.15, -0.1) is 0 Å². The van der Waals surface area contributed by atoms with Crippen molar-refractivity contribution in [1.82, 2.24) is 0 Å². The van der Waals surface area contributed by atoms with Gasteiger partial charge in [0.25, 0.3) is 11.7 Å². The first-order chi connectivity index (χ1) is 9.47. The zero-order valence-electron chi connectivity index (χ0n) is 10.2. The molecule has 0 aliphatic carbocycles. The van der Waals surface area contributed by atoms with E-state index in [1.54, 1.807) is 0 Å². The third-order valence-corrected chi connectivity index (χ3v) is 3.86. The summed E-state index contributed by atoms with van der Waals surface area (Å²) >= 11 is 11.9. The fraction of sp³-hybridized carbons (Fsp3) is 0.308. The third kappa shape index (κ3) is 2.07. The molecule has 1 fully saturated rings. The molecule has 1 atom stereocenters. The van der Waals surface area contributed by atoms with Gasteiger partial charge in [0.05, 0.1) is 22.8 Å². The number of nitrogens with zero attached hydrogens (tertiary/aromatic N) is 1. The summed E-state index contributed by atoms with van der Waals surface area (Å²) in [6, 6.07) is 2.94. The van der Waals surface area contributed by atoms with Gasteiger partial charge in [-0.2, -0.15) is 0 Å². The number of hydrogen-bond acceptors (Lipinski definition) is 4. The maximum atomic E-state index is 12.0. The quantitative estimate of drug-likeness (QED) is 0.620. The van der Waals surface area contributed by atoms with Gasteiger partial charge in [-0.05, 0) is 18.6 Å². The summed E-state index contributed by atoms with van der Waals surface area (Å²) in [5.41, 5.74) is 0.533. The minimum atomic E-state index is -0.674. The summed E-state index contributed by atoms with van der Waals surface area (Å²) < 4.78 is 5.07. The van der Waals surface area contributed by atoms with E-state index in [-0.39, 0.29) is 23.1 Å². The Morgan fingerprint density at radius 2 is 2.00 bits per heavy atom. The highest BCUT2D eigenvalue weighted by Gasteiger charge is 2.40. The van der Waals surface area contributed by atoms with Crippen LogP contribution in [0.1, 0.15) is 23.2 Å². The molecule has 1 unspecified atom stereocenters. The summed E-state index contributed by atoms with van der Waals surface area (Å²) in [5.74, 6) is -1.63. The van der Waals surface area contributed by atoms with Crippen LogP contribution < -0.4 is 4.90 Å². The molecule has 104 valence electrons. The summed E-state index contributed by atoms with van der Waals surface area (Å²) in [7, 11) is 0. The van der Waals surface area contributed by atoms with Gasteiger partial charge in [-0.1, -0.05) is 23.2 Å². The highest BCUT2D eigenvalue weighted by molar-refractivity contribution is 6.55. The topological polar surface area (TPSA) is 63.7 Å². The van der Waals surface area contributed by atoms with Gasteiger partial charge in [0, 0.05) is 11.4 Å². The van der Waals surface area contributed by atoms with E-state index in [0.29, 0.717) is 23.6 Å². The Balaban J connectivity index is 1.95. The number of Topliss-reactive ketones (excluding diaryl/α,β-unsaturated/α-hetero) is 1. The van der Waals surface area contributed by atoms with Crippen LogP contribution in [-0.4, -0.2) is 30.3 Å². The zero-order chi connectivity index (χ0) is 14.4. The average Bonchev–Trinajstić information content (AvgIpc) is 2.87. The molecule has 1 aromatic rings. The number of cyclic esters (lactones) is 1. The van der Waals surface area contributed by atoms with Gasteiger partial charge < -0.3 is 9.64 Å². The number of amides is 1. The van der Waals surface area contributed by atoms with Crippen molar-refractivity contribution in [3.8, 4) is 0 Å². The maximum absolute atomic E-state index is 12.0. The first-order valence-corrected chi connectivity index (χ1v) is 6.77. The Morgan fingerprint density at radius 3 is 2.65 bits per heavy atom. The van der Waals surface area contributed by atoms with Crippen LogP contribution in [0.3, 0.4) is 0 Å². The molecule has 1 saturated heterocycles. The Morgan fingerprint density at radius 1 is 1.25 bits per heavy atom. The van der Waals surface area contributed by atoms with Gasteiger partial charge >= 0.3 is 5.97 Å². The molecule has 3 rings (SSSR count). The Hall–Kier alpha value is -1.59. The molecule has 2 aliphatic rings. The highest BCUT2D eigenvalue weighted by atomic mass is 35.5. The van der Waals surface area contributed by atoms with Crippen molar-refractivity contribution in [3.63, 3.8) is 0 Å². The summed E-state index contributed by atoms with van der Waals surface area (Å²) in [4.78, 5) is 36.3. The van der Waals surface area contributed by atoms with Crippen LogP contribution in [0, 0.1) is 0 Å². The smallest absolute Gasteiger partial charge is 0.306 e. The standard InChI is InChI=1S/C13H9Cl2NO4/c14-6-3-8(15)11-9(4-6)16(13(19)12(11)18)5-7-1-2-10(17)20-7/h3-4,7H,1-2,5H2. The molecule has 1 aromatic carbocycles. The predicted molar refractivity (Wildman–Crippen MR) is 72.3 cm³/mol. The molecular formula is C13H9Cl2NO4. The van der Waals surface area contributed by atoms with E-state index in [9.17, 15) is 14.4 Å². The predicted octanol–water partition coefficient (Wildman–Crippen LogP) is 2.23. The van der Waals surface area contributed by atoms with Crippen LogP contribution in [-0.2, 0) is 14.3 Å². The molecule has 0 aromatic heterocycles. The molecule has 0 saturated carbocycles. The second kappa shape index (κ2) is 4.75. The lowest BCUT2D eigenvalue weighted by atomic mass is 10.1. The molecule has 5 nitrogen and oxygen atoms in total. The average molecular weight is 314 g/mol. The molecule has 1 amide bonds. The Bertz CT molecular complexity index is 644. The van der Waals surface area contributed by atoms with E-state index in [2.05, 4.69) is 0 Å². The lowest BCUT2D eigenvalue weighted by Crippen LogP contribution is -2.36. The lowest BCUT2D eigenvalue weighted by Gasteiger charge is -2.20. The van der Waals surface area contributed by atoms with Crippen LogP contribution in [0.5, 0.6) is 0 Å². The molecule has 2 aliphatic heterocycles. The fourth-order valence-electron chi connectivity index (χ4n) is 2.43. The minimum Gasteiger partial charge on any atom is -0.460 e. The second-order valence-corrected chi connectivity index (χ2v) is 5.52. The monoisotopic (exact) mass is 313 g/mol. The molecular weight excluding hydrogens is 305 g/mol. The van der Waals surface area contributed by atoms with Crippen LogP contribution >= 0.6 is 23.2 Å². The van der Waals surface area contributed by atoms with Crippen molar-refractivity contribution in [2.45, 2.75) is 18.9 Å². The molecule has 0 bridgehead atoms. The summed E-state index contributed by atoms with van der Waals surface area (Å²) in [5, 5.41) is 0.487. The molecule has 2 heterocycles. The lowest BCUT2D eigenvalue weighted by molar-refractivity contribution is -0.141. The third-order valence-electron chi connectivity index (χ3n) is 3.35. The maximum Gasteiger partial charge on any atom is 0.306 e. The molecule has 0 radical (unpaired) electrons. The number of carbonyl (C=O) groups is 3. The van der Waals surface area contributed by atoms with Gasteiger partial charge in [0.1, 0.15) is 6.10 Å². The number of ketones is 1. The van der Waals surface area contributed by atoms with Crippen molar-refractivity contribution in [2.24, 2.45) is 0 Å². The number of hydrogen-bond donors (Lipinski definition) is 0. The minimum absolute atomic E-state index is 0.139. The van der Waals surface area contributed by atoms with E-state index in [1.165, 1.54) is 17.0 Å². The molecule has 0 N–H and O–H groups in total. The number of carbonyl (C=O) groups excluding carboxylic acids is 3. The van der Waals surface area contributed by atoms with Crippen molar-refractivity contribution >= 4 is 46.5 Å². The zero-order valence-corrected chi connectivity index (χ0v) is 11.7. The van der Waals surface area contributed by atoms with Crippen molar-refractivity contribution in [1.29, 1.82) is 0 Å². The second-order valence-electron chi connectivity index (χ2n) is 4.68. The fourth-order valence-corrected chi connectivity index (χ4v) is 3.00. The molecule has 7 heteroatoms. The molecule has 20 heavy (non-hydrogen) atoms. The van der Waals surface area contributed by atoms with Crippen LogP contribution in [0.2, 0.25) is 10.0 Å². The number of anilines is 1. The first kappa shape index (κ1) is 13.4. The van der Waals surface area contributed by atoms with E-state index in [0.717, 1.165) is 0 Å².